The molecule has 94 valence electrons. The van der Waals surface area contributed by atoms with Gasteiger partial charge in [-0.2, -0.15) is 0 Å². The monoisotopic (exact) mass is 264 g/mol. The van der Waals surface area contributed by atoms with Crippen molar-refractivity contribution in [1.29, 1.82) is 0 Å². The molecule has 0 bridgehead atoms. The molecule has 1 atom stereocenters. The Kier molecular flexibility index (Phi) is 5.14. The van der Waals surface area contributed by atoms with E-state index in [0.29, 0.717) is 5.92 Å². The Morgan fingerprint density at radius 1 is 1.44 bits per heavy atom. The van der Waals surface area contributed by atoms with Gasteiger partial charge < -0.3 is 5.73 Å². The maximum absolute atomic E-state index is 11.8. The van der Waals surface area contributed by atoms with Crippen molar-refractivity contribution in [3.63, 3.8) is 0 Å². The van der Waals surface area contributed by atoms with Crippen LogP contribution in [0, 0.1) is 5.92 Å². The molecule has 0 heterocycles. The van der Waals surface area contributed by atoms with Gasteiger partial charge in [-0.25, -0.2) is 13.1 Å². The van der Waals surface area contributed by atoms with Crippen molar-refractivity contribution in [3.05, 3.63) is 0 Å². The molecule has 0 amide bonds. The minimum absolute atomic E-state index is 0.187. The van der Waals surface area contributed by atoms with Crippen LogP contribution in [0.25, 0.3) is 0 Å². The number of rotatable bonds is 5. The zero-order valence-corrected chi connectivity index (χ0v) is 11.2. The van der Waals surface area contributed by atoms with Gasteiger partial charge in [0.2, 0.25) is 10.0 Å². The van der Waals surface area contributed by atoms with E-state index in [0.717, 1.165) is 25.7 Å². The van der Waals surface area contributed by atoms with Gasteiger partial charge in [0.05, 0.1) is 16.8 Å². The van der Waals surface area contributed by atoms with Gasteiger partial charge in [0.1, 0.15) is 0 Å². The summed E-state index contributed by atoms with van der Waals surface area (Å²) < 4.78 is 26.1. The van der Waals surface area contributed by atoms with E-state index in [2.05, 4.69) is 4.72 Å². The van der Waals surface area contributed by atoms with E-state index >= 15 is 0 Å². The van der Waals surface area contributed by atoms with Crippen LogP contribution in [0.2, 0.25) is 0 Å². The summed E-state index contributed by atoms with van der Waals surface area (Å²) in [5.41, 5.74) is 5.38. The van der Waals surface area contributed by atoms with E-state index in [9.17, 15) is 8.42 Å². The molecule has 0 radical (unpaired) electrons. The normalized spacial score (nSPS) is 20.6. The van der Waals surface area contributed by atoms with E-state index in [1.165, 1.54) is 6.42 Å². The number of nitrogens with one attached hydrogen (secondary N) is 1. The summed E-state index contributed by atoms with van der Waals surface area (Å²) in [6.07, 6.45) is 5.55. The fourth-order valence-electron chi connectivity index (χ4n) is 2.04. The minimum atomic E-state index is -3.24. The Morgan fingerprint density at radius 3 is 2.50 bits per heavy atom. The summed E-state index contributed by atoms with van der Waals surface area (Å²) in [6, 6.07) is -0.455. The average Bonchev–Trinajstić information content (AvgIpc) is 2.17. The third-order valence-electron chi connectivity index (χ3n) is 2.96. The summed E-state index contributed by atoms with van der Waals surface area (Å²) in [5, 5.41) is 0. The van der Waals surface area contributed by atoms with Crippen LogP contribution in [-0.4, -0.2) is 25.2 Å². The van der Waals surface area contributed by atoms with Crippen molar-refractivity contribution in [2.75, 3.05) is 5.75 Å². The molecular weight excluding hydrogens is 244 g/mol. The highest BCUT2D eigenvalue weighted by molar-refractivity contribution is 7.89. The fourth-order valence-corrected chi connectivity index (χ4v) is 3.89. The molecule has 6 heteroatoms. The molecule has 1 fully saturated rings. The van der Waals surface area contributed by atoms with Crippen LogP contribution in [-0.2, 0) is 10.0 Å². The summed E-state index contributed by atoms with van der Waals surface area (Å²) in [4.78, 5) is 0.187. The van der Waals surface area contributed by atoms with Gasteiger partial charge in [-0.1, -0.05) is 31.5 Å². The molecule has 0 aromatic carbocycles. The van der Waals surface area contributed by atoms with Gasteiger partial charge >= 0.3 is 0 Å². The number of nitrogens with two attached hydrogens (primary N) is 1. The molecule has 0 aromatic heterocycles. The largest absolute Gasteiger partial charge is 0.392 e. The molecule has 0 aliphatic heterocycles. The van der Waals surface area contributed by atoms with Crippen molar-refractivity contribution in [3.8, 4) is 0 Å². The van der Waals surface area contributed by atoms with E-state index < -0.39 is 16.1 Å². The number of hydrogen-bond donors (Lipinski definition) is 2. The molecule has 16 heavy (non-hydrogen) atoms. The van der Waals surface area contributed by atoms with E-state index in [1.54, 1.807) is 6.92 Å². The topological polar surface area (TPSA) is 72.2 Å². The van der Waals surface area contributed by atoms with Gasteiger partial charge in [0.25, 0.3) is 0 Å². The molecule has 3 N–H and O–H groups in total. The van der Waals surface area contributed by atoms with Crippen molar-refractivity contribution in [1.82, 2.24) is 4.72 Å². The summed E-state index contributed by atoms with van der Waals surface area (Å²) in [7, 11) is -3.24. The number of hydrogen-bond acceptors (Lipinski definition) is 3. The van der Waals surface area contributed by atoms with Crippen LogP contribution in [0.3, 0.4) is 0 Å². The molecule has 1 rings (SSSR count). The second kappa shape index (κ2) is 5.93. The van der Waals surface area contributed by atoms with E-state index in [-0.39, 0.29) is 10.7 Å². The van der Waals surface area contributed by atoms with Gasteiger partial charge in [-0.3, -0.25) is 0 Å². The lowest BCUT2D eigenvalue weighted by Crippen LogP contribution is -2.43. The average molecular weight is 264 g/mol. The zero-order chi connectivity index (χ0) is 12.2. The third kappa shape index (κ3) is 4.76. The highest BCUT2D eigenvalue weighted by Gasteiger charge is 2.23. The first-order valence-electron chi connectivity index (χ1n) is 5.70. The van der Waals surface area contributed by atoms with Gasteiger partial charge in [0.15, 0.2) is 0 Å². The SMILES string of the molecule is CC(NS(=O)(=O)CC1CCCCC1)C(N)=S. The van der Waals surface area contributed by atoms with Crippen molar-refractivity contribution >= 4 is 27.2 Å². The number of sulfonamides is 1. The first-order valence-corrected chi connectivity index (χ1v) is 7.76. The van der Waals surface area contributed by atoms with Gasteiger partial charge in [-0.15, -0.1) is 0 Å². The Morgan fingerprint density at radius 2 is 2.00 bits per heavy atom. The molecule has 4 nitrogen and oxygen atoms in total. The Balaban J connectivity index is 2.47. The Labute approximate surface area is 103 Å². The first kappa shape index (κ1) is 13.9. The molecule has 0 aromatic rings. The number of thiocarbonyl (C=S) groups is 1. The van der Waals surface area contributed by atoms with Crippen LogP contribution in [0.15, 0.2) is 0 Å². The lowest BCUT2D eigenvalue weighted by molar-refractivity contribution is 0.384. The van der Waals surface area contributed by atoms with Gasteiger partial charge in [0, 0.05) is 0 Å². The predicted molar refractivity (Wildman–Crippen MR) is 69.7 cm³/mol. The molecule has 1 aliphatic carbocycles. The smallest absolute Gasteiger partial charge is 0.212 e. The summed E-state index contributed by atoms with van der Waals surface area (Å²) in [5.74, 6) is 0.504. The first-order chi connectivity index (χ1) is 7.41. The minimum Gasteiger partial charge on any atom is -0.392 e. The lowest BCUT2D eigenvalue weighted by Gasteiger charge is -2.22. The molecule has 1 saturated carbocycles. The highest BCUT2D eigenvalue weighted by atomic mass is 32.2. The molecule has 0 saturated heterocycles. The zero-order valence-electron chi connectivity index (χ0n) is 9.61. The third-order valence-corrected chi connectivity index (χ3v) is 4.94. The van der Waals surface area contributed by atoms with Crippen molar-refractivity contribution in [2.24, 2.45) is 11.7 Å². The van der Waals surface area contributed by atoms with Crippen LogP contribution < -0.4 is 10.5 Å². The Bertz CT molecular complexity index is 335. The Hall–Kier alpha value is -0.200. The van der Waals surface area contributed by atoms with Crippen LogP contribution in [0.4, 0.5) is 0 Å². The standard InChI is InChI=1S/C10H20N2O2S2/c1-8(10(11)15)12-16(13,14)7-9-5-3-2-4-6-9/h8-9,12H,2-7H2,1H3,(H2,11,15). The van der Waals surface area contributed by atoms with Crippen LogP contribution in [0.1, 0.15) is 39.0 Å². The molecule has 0 spiro atoms. The summed E-state index contributed by atoms with van der Waals surface area (Å²) in [6.45, 7) is 1.67. The lowest BCUT2D eigenvalue weighted by atomic mass is 9.91. The molecular formula is C10H20N2O2S2. The second-order valence-corrected chi connectivity index (χ2v) is 6.80. The van der Waals surface area contributed by atoms with E-state index in [1.807, 2.05) is 0 Å². The van der Waals surface area contributed by atoms with Crippen molar-refractivity contribution < 1.29 is 8.42 Å². The predicted octanol–water partition coefficient (Wildman–Crippen LogP) is 1.16. The van der Waals surface area contributed by atoms with Crippen LogP contribution in [0.5, 0.6) is 0 Å². The maximum atomic E-state index is 11.8. The highest BCUT2D eigenvalue weighted by Crippen LogP contribution is 2.24. The summed E-state index contributed by atoms with van der Waals surface area (Å²) >= 11 is 4.74. The van der Waals surface area contributed by atoms with Crippen molar-refractivity contribution in [2.45, 2.75) is 45.1 Å². The maximum Gasteiger partial charge on any atom is 0.212 e. The fraction of sp³-hybridized carbons (Fsp3) is 0.900. The van der Waals surface area contributed by atoms with E-state index in [4.69, 9.17) is 18.0 Å². The molecule has 1 unspecified atom stereocenters. The molecule has 1 aliphatic rings. The van der Waals surface area contributed by atoms with Gasteiger partial charge in [-0.05, 0) is 25.7 Å². The second-order valence-electron chi connectivity index (χ2n) is 4.53. The van der Waals surface area contributed by atoms with Crippen LogP contribution >= 0.6 is 12.2 Å². The quantitative estimate of drug-likeness (QED) is 0.731.